The molecule has 5 nitrogen and oxygen atoms in total. The highest BCUT2D eigenvalue weighted by molar-refractivity contribution is 7.99. The minimum absolute atomic E-state index is 0.422. The van der Waals surface area contributed by atoms with Gasteiger partial charge < -0.3 is 5.11 Å². The van der Waals surface area contributed by atoms with Gasteiger partial charge in [-0.2, -0.15) is 0 Å². The number of nitrogens with zero attached hydrogens (tertiary/aromatic N) is 4. The Labute approximate surface area is 128 Å². The lowest BCUT2D eigenvalue weighted by Gasteiger charge is -2.14. The van der Waals surface area contributed by atoms with Gasteiger partial charge in [0.2, 0.25) is 5.16 Å². The van der Waals surface area contributed by atoms with E-state index in [-0.39, 0.29) is 0 Å². The summed E-state index contributed by atoms with van der Waals surface area (Å²) in [5.74, 6) is 0. The zero-order valence-corrected chi connectivity index (χ0v) is 13.0. The molecule has 1 saturated carbocycles. The lowest BCUT2D eigenvalue weighted by molar-refractivity contribution is 0.171. The minimum Gasteiger partial charge on any atom is -0.388 e. The summed E-state index contributed by atoms with van der Waals surface area (Å²) in [7, 11) is 0. The second-order valence-electron chi connectivity index (χ2n) is 5.41. The molecule has 1 N–H and O–H groups in total. The Balaban J connectivity index is 1.86. The van der Waals surface area contributed by atoms with Crippen molar-refractivity contribution in [1.82, 2.24) is 20.2 Å². The fourth-order valence-corrected chi connectivity index (χ4v) is 3.82. The lowest BCUT2D eigenvalue weighted by atomic mass is 10.1. The molecule has 1 aromatic heterocycles. The summed E-state index contributed by atoms with van der Waals surface area (Å²) in [6.07, 6.45) is 5.06. The maximum Gasteiger partial charge on any atom is 0.214 e. The highest BCUT2D eigenvalue weighted by Gasteiger charge is 2.22. The zero-order chi connectivity index (χ0) is 14.7. The molecule has 0 aliphatic heterocycles. The number of aliphatic hydroxyl groups is 1. The van der Waals surface area contributed by atoms with E-state index < -0.39 is 6.10 Å². The molecule has 1 aliphatic carbocycles. The number of benzene rings is 1. The van der Waals surface area contributed by atoms with E-state index in [1.807, 2.05) is 35.9 Å². The predicted molar refractivity (Wildman–Crippen MR) is 81.1 cm³/mol. The number of tetrazole rings is 1. The highest BCUT2D eigenvalue weighted by atomic mass is 32.2. The summed E-state index contributed by atoms with van der Waals surface area (Å²) in [6, 6.07) is 8.36. The molecule has 0 saturated heterocycles. The number of hydrogen-bond donors (Lipinski definition) is 1. The van der Waals surface area contributed by atoms with Crippen LogP contribution < -0.4 is 0 Å². The van der Waals surface area contributed by atoms with Crippen LogP contribution in [0.15, 0.2) is 34.3 Å². The Morgan fingerprint density at radius 2 is 2.10 bits per heavy atom. The average molecular weight is 304 g/mol. The molecular formula is C15H20N4OS. The molecule has 21 heavy (non-hydrogen) atoms. The van der Waals surface area contributed by atoms with E-state index in [1.165, 1.54) is 12.8 Å². The van der Waals surface area contributed by atoms with Crippen LogP contribution in [-0.2, 0) is 0 Å². The number of aliphatic hydroxyl groups excluding tert-OH is 1. The summed E-state index contributed by atoms with van der Waals surface area (Å²) in [5.41, 5.74) is 0.950. The third kappa shape index (κ3) is 3.11. The van der Waals surface area contributed by atoms with Crippen LogP contribution in [0, 0.1) is 0 Å². The average Bonchev–Trinajstić information content (AvgIpc) is 3.17. The first-order valence-corrected chi connectivity index (χ1v) is 8.34. The van der Waals surface area contributed by atoms with Gasteiger partial charge in [0.1, 0.15) is 0 Å². The molecule has 0 bridgehead atoms. The van der Waals surface area contributed by atoms with Crippen LogP contribution in [0.2, 0.25) is 0 Å². The van der Waals surface area contributed by atoms with Crippen LogP contribution in [0.4, 0.5) is 0 Å². The number of hydrogen-bond acceptors (Lipinski definition) is 5. The quantitative estimate of drug-likeness (QED) is 0.917. The summed E-state index contributed by atoms with van der Waals surface area (Å²) in [5, 5.41) is 23.1. The molecule has 1 fully saturated rings. The molecule has 112 valence electrons. The van der Waals surface area contributed by atoms with Crippen molar-refractivity contribution in [2.45, 2.75) is 61.2 Å². The fourth-order valence-electron chi connectivity index (χ4n) is 2.80. The number of aromatic nitrogens is 4. The van der Waals surface area contributed by atoms with Gasteiger partial charge in [-0.05, 0) is 53.1 Å². The molecule has 1 aromatic carbocycles. The predicted octanol–water partition coefficient (Wildman–Crippen LogP) is 3.38. The van der Waals surface area contributed by atoms with Crippen molar-refractivity contribution in [2.24, 2.45) is 0 Å². The molecule has 1 atom stereocenters. The van der Waals surface area contributed by atoms with Gasteiger partial charge in [0, 0.05) is 4.90 Å². The third-order valence-electron chi connectivity index (χ3n) is 4.00. The van der Waals surface area contributed by atoms with Gasteiger partial charge in [0.05, 0.1) is 12.1 Å². The Kier molecular flexibility index (Phi) is 4.55. The van der Waals surface area contributed by atoms with E-state index in [0.29, 0.717) is 12.5 Å². The number of rotatable bonds is 5. The second-order valence-corrected chi connectivity index (χ2v) is 6.42. The molecule has 0 unspecified atom stereocenters. The zero-order valence-electron chi connectivity index (χ0n) is 12.1. The Bertz CT molecular complexity index is 595. The van der Waals surface area contributed by atoms with Crippen LogP contribution >= 0.6 is 11.8 Å². The molecule has 1 heterocycles. The summed E-state index contributed by atoms with van der Waals surface area (Å²) >= 11 is 1.54. The maximum atomic E-state index is 10.1. The lowest BCUT2D eigenvalue weighted by Crippen LogP contribution is -2.08. The molecule has 3 rings (SSSR count). The first kappa shape index (κ1) is 14.5. The monoisotopic (exact) mass is 304 g/mol. The van der Waals surface area contributed by atoms with Crippen molar-refractivity contribution in [3.05, 3.63) is 29.8 Å². The van der Waals surface area contributed by atoms with Gasteiger partial charge in [-0.3, -0.25) is 0 Å². The van der Waals surface area contributed by atoms with E-state index in [0.717, 1.165) is 28.5 Å². The molecular weight excluding hydrogens is 284 g/mol. The smallest absolute Gasteiger partial charge is 0.214 e. The normalized spacial score (nSPS) is 17.2. The van der Waals surface area contributed by atoms with Crippen molar-refractivity contribution in [1.29, 1.82) is 0 Å². The van der Waals surface area contributed by atoms with Crippen LogP contribution in [0.25, 0.3) is 0 Å². The van der Waals surface area contributed by atoms with Gasteiger partial charge in [0.15, 0.2) is 0 Å². The molecule has 0 radical (unpaired) electrons. The molecule has 6 heteroatoms. The molecule has 1 aliphatic rings. The van der Waals surface area contributed by atoms with Gasteiger partial charge in [-0.1, -0.05) is 38.0 Å². The van der Waals surface area contributed by atoms with Gasteiger partial charge in [0.25, 0.3) is 0 Å². The largest absolute Gasteiger partial charge is 0.388 e. The van der Waals surface area contributed by atoms with Gasteiger partial charge in [-0.25, -0.2) is 4.68 Å². The van der Waals surface area contributed by atoms with Crippen LogP contribution in [-0.4, -0.2) is 25.3 Å². The van der Waals surface area contributed by atoms with Crippen LogP contribution in [0.1, 0.15) is 56.7 Å². The second kappa shape index (κ2) is 6.58. The van der Waals surface area contributed by atoms with Crippen LogP contribution in [0.5, 0.6) is 0 Å². The summed E-state index contributed by atoms with van der Waals surface area (Å²) in [4.78, 5) is 1.03. The topological polar surface area (TPSA) is 63.8 Å². The summed E-state index contributed by atoms with van der Waals surface area (Å²) in [6.45, 7) is 1.98. The fraction of sp³-hybridized carbons (Fsp3) is 0.533. The summed E-state index contributed by atoms with van der Waals surface area (Å²) < 4.78 is 1.95. The van der Waals surface area contributed by atoms with Gasteiger partial charge in [-0.15, -0.1) is 5.10 Å². The Morgan fingerprint density at radius 1 is 1.33 bits per heavy atom. The maximum absolute atomic E-state index is 10.1. The molecule has 0 amide bonds. The van der Waals surface area contributed by atoms with Crippen molar-refractivity contribution < 1.29 is 5.11 Å². The highest BCUT2D eigenvalue weighted by Crippen LogP contribution is 2.36. The van der Waals surface area contributed by atoms with Gasteiger partial charge >= 0.3 is 0 Å². The Morgan fingerprint density at radius 3 is 2.86 bits per heavy atom. The van der Waals surface area contributed by atoms with Crippen molar-refractivity contribution in [2.75, 3.05) is 0 Å². The SMILES string of the molecule is CC[C@H](O)c1ccccc1Sc1nnnn1C1CCCC1. The first-order chi connectivity index (χ1) is 10.3. The van der Waals surface area contributed by atoms with Crippen molar-refractivity contribution in [3.63, 3.8) is 0 Å². The van der Waals surface area contributed by atoms with E-state index in [9.17, 15) is 5.11 Å². The van der Waals surface area contributed by atoms with E-state index in [4.69, 9.17) is 0 Å². The molecule has 0 spiro atoms. The third-order valence-corrected chi connectivity index (χ3v) is 5.04. The van der Waals surface area contributed by atoms with Crippen molar-refractivity contribution in [3.8, 4) is 0 Å². The minimum atomic E-state index is -0.440. The first-order valence-electron chi connectivity index (χ1n) is 7.52. The standard InChI is InChI=1S/C15H20N4OS/c1-2-13(20)12-9-5-6-10-14(12)21-15-16-17-18-19(15)11-7-3-4-8-11/h5-6,9-11,13,20H,2-4,7-8H2,1H3/t13-/m0/s1. The van der Waals surface area contributed by atoms with Crippen molar-refractivity contribution >= 4 is 11.8 Å². The Hall–Kier alpha value is -1.40. The van der Waals surface area contributed by atoms with Crippen LogP contribution in [0.3, 0.4) is 0 Å². The van der Waals surface area contributed by atoms with E-state index >= 15 is 0 Å². The molecule has 2 aromatic rings. The van der Waals surface area contributed by atoms with E-state index in [2.05, 4.69) is 15.5 Å². The van der Waals surface area contributed by atoms with E-state index in [1.54, 1.807) is 11.8 Å².